The van der Waals surface area contributed by atoms with Crippen molar-refractivity contribution in [3.05, 3.63) is 23.8 Å². The highest BCUT2D eigenvalue weighted by atomic mass is 16.6. The largest absolute Gasteiger partial charge is 0.486 e. The number of hydrogen-bond donors (Lipinski definition) is 2. The van der Waals surface area contributed by atoms with Crippen LogP contribution in [-0.4, -0.2) is 55.4 Å². The van der Waals surface area contributed by atoms with Crippen molar-refractivity contribution in [2.45, 2.75) is 12.8 Å². The van der Waals surface area contributed by atoms with Gasteiger partial charge in [0.25, 0.3) is 0 Å². The minimum atomic E-state index is -0.920. The van der Waals surface area contributed by atoms with E-state index in [2.05, 4.69) is 5.32 Å². The van der Waals surface area contributed by atoms with Gasteiger partial charge >= 0.3 is 12.0 Å². The zero-order valence-corrected chi connectivity index (χ0v) is 12.5. The minimum Gasteiger partial charge on any atom is -0.486 e. The minimum absolute atomic E-state index is 0.0634. The first-order valence-electron chi connectivity index (χ1n) is 7.15. The molecule has 22 heavy (non-hydrogen) atoms. The Morgan fingerprint density at radius 2 is 2.00 bits per heavy atom. The Morgan fingerprint density at radius 1 is 1.27 bits per heavy atom. The van der Waals surface area contributed by atoms with Crippen molar-refractivity contribution in [3.63, 3.8) is 0 Å². The van der Waals surface area contributed by atoms with Crippen molar-refractivity contribution in [2.24, 2.45) is 0 Å². The predicted molar refractivity (Wildman–Crippen MR) is 79.4 cm³/mol. The third-order valence-electron chi connectivity index (χ3n) is 3.30. The number of carbonyl (C=O) groups excluding carboxylic acids is 1. The molecule has 0 radical (unpaired) electrons. The zero-order chi connectivity index (χ0) is 15.9. The fourth-order valence-electron chi connectivity index (χ4n) is 2.06. The first kappa shape index (κ1) is 15.9. The number of rotatable bonds is 6. The van der Waals surface area contributed by atoms with E-state index in [-0.39, 0.29) is 19.0 Å². The lowest BCUT2D eigenvalue weighted by Crippen LogP contribution is -2.39. The molecule has 0 fully saturated rings. The molecule has 1 aromatic carbocycles. The van der Waals surface area contributed by atoms with Gasteiger partial charge in [-0.25, -0.2) is 4.79 Å². The van der Waals surface area contributed by atoms with Crippen molar-refractivity contribution < 1.29 is 24.2 Å². The van der Waals surface area contributed by atoms with Crippen LogP contribution in [0.2, 0.25) is 0 Å². The smallest absolute Gasteiger partial charge is 0.317 e. The van der Waals surface area contributed by atoms with Crippen LogP contribution in [0.3, 0.4) is 0 Å². The Balaban J connectivity index is 1.76. The lowest BCUT2D eigenvalue weighted by atomic mass is 10.1. The summed E-state index contributed by atoms with van der Waals surface area (Å²) >= 11 is 0. The van der Waals surface area contributed by atoms with Crippen LogP contribution in [0.5, 0.6) is 11.5 Å². The summed E-state index contributed by atoms with van der Waals surface area (Å²) in [6.45, 7) is 1.76. The molecule has 7 heteroatoms. The van der Waals surface area contributed by atoms with Crippen LogP contribution in [0.15, 0.2) is 18.2 Å². The molecule has 0 aromatic heterocycles. The van der Waals surface area contributed by atoms with Gasteiger partial charge in [-0.2, -0.15) is 0 Å². The van der Waals surface area contributed by atoms with E-state index in [0.717, 1.165) is 17.1 Å². The summed E-state index contributed by atoms with van der Waals surface area (Å²) in [5, 5.41) is 11.3. The number of carboxylic acid groups (broad SMARTS) is 1. The number of nitrogens with one attached hydrogen (secondary N) is 1. The summed E-state index contributed by atoms with van der Waals surface area (Å²) in [5.41, 5.74) is 1.04. The molecule has 0 unspecified atom stereocenters. The number of urea groups is 1. The van der Waals surface area contributed by atoms with Crippen molar-refractivity contribution >= 4 is 12.0 Å². The number of amides is 2. The molecule has 0 saturated carbocycles. The zero-order valence-electron chi connectivity index (χ0n) is 12.5. The average Bonchev–Trinajstić information content (AvgIpc) is 2.52. The maximum Gasteiger partial charge on any atom is 0.317 e. The molecule has 0 atom stereocenters. The number of carboxylic acids is 1. The maximum atomic E-state index is 11.8. The summed E-state index contributed by atoms with van der Waals surface area (Å²) in [7, 11) is 1.57. The lowest BCUT2D eigenvalue weighted by molar-refractivity contribution is -0.137. The molecule has 1 aliphatic heterocycles. The van der Waals surface area contributed by atoms with E-state index in [9.17, 15) is 9.59 Å². The summed E-state index contributed by atoms with van der Waals surface area (Å²) in [6, 6.07) is 5.44. The summed E-state index contributed by atoms with van der Waals surface area (Å²) < 4.78 is 11.0. The second kappa shape index (κ2) is 7.53. The normalized spacial score (nSPS) is 12.6. The van der Waals surface area contributed by atoms with E-state index in [4.69, 9.17) is 14.6 Å². The van der Waals surface area contributed by atoms with Crippen molar-refractivity contribution in [1.82, 2.24) is 10.2 Å². The molecule has 1 heterocycles. The van der Waals surface area contributed by atoms with Crippen LogP contribution < -0.4 is 14.8 Å². The molecule has 0 saturated heterocycles. The first-order chi connectivity index (χ1) is 10.6. The van der Waals surface area contributed by atoms with E-state index >= 15 is 0 Å². The number of carbonyl (C=O) groups is 2. The highest BCUT2D eigenvalue weighted by Crippen LogP contribution is 2.30. The first-order valence-corrected chi connectivity index (χ1v) is 7.15. The molecule has 2 rings (SSSR count). The third-order valence-corrected chi connectivity index (χ3v) is 3.30. The molecular weight excluding hydrogens is 288 g/mol. The van der Waals surface area contributed by atoms with Crippen LogP contribution in [0.25, 0.3) is 0 Å². The molecule has 7 nitrogen and oxygen atoms in total. The third kappa shape index (κ3) is 4.54. The highest BCUT2D eigenvalue weighted by Gasteiger charge is 2.12. The van der Waals surface area contributed by atoms with Gasteiger partial charge in [0.1, 0.15) is 13.2 Å². The van der Waals surface area contributed by atoms with Gasteiger partial charge in [0.15, 0.2) is 11.5 Å². The van der Waals surface area contributed by atoms with E-state index < -0.39 is 5.97 Å². The standard InChI is InChI=1S/C15H20N2O5/c1-17(7-5-14(18)19)15(20)16-6-4-11-2-3-12-13(10-11)22-9-8-21-12/h2-3,10H,4-9H2,1H3,(H,16,20)(H,18,19). The molecule has 1 aromatic rings. The number of fused-ring (bicyclic) bond motifs is 1. The average molecular weight is 308 g/mol. The van der Waals surface area contributed by atoms with Crippen LogP contribution in [0.1, 0.15) is 12.0 Å². The Morgan fingerprint density at radius 3 is 2.73 bits per heavy atom. The van der Waals surface area contributed by atoms with Gasteiger partial charge in [0.2, 0.25) is 0 Å². The van der Waals surface area contributed by atoms with Crippen molar-refractivity contribution in [2.75, 3.05) is 33.4 Å². The Hall–Kier alpha value is -2.44. The summed E-state index contributed by atoms with van der Waals surface area (Å²) in [6.07, 6.45) is 0.598. The van der Waals surface area contributed by atoms with Gasteiger partial charge in [-0.15, -0.1) is 0 Å². The van der Waals surface area contributed by atoms with E-state index in [1.54, 1.807) is 7.05 Å². The van der Waals surface area contributed by atoms with E-state index in [1.807, 2.05) is 18.2 Å². The predicted octanol–water partition coefficient (Wildman–Crippen LogP) is 1.12. The lowest BCUT2D eigenvalue weighted by Gasteiger charge is -2.19. The fraction of sp³-hybridized carbons (Fsp3) is 0.467. The second-order valence-corrected chi connectivity index (χ2v) is 5.03. The van der Waals surface area contributed by atoms with Gasteiger partial charge < -0.3 is 24.8 Å². The van der Waals surface area contributed by atoms with Gasteiger partial charge in [-0.1, -0.05) is 6.07 Å². The highest BCUT2D eigenvalue weighted by molar-refractivity contribution is 5.75. The Bertz CT molecular complexity index is 547. The van der Waals surface area contributed by atoms with Gasteiger partial charge in [0.05, 0.1) is 6.42 Å². The van der Waals surface area contributed by atoms with Crippen LogP contribution in [0.4, 0.5) is 4.79 Å². The van der Waals surface area contributed by atoms with E-state index in [1.165, 1.54) is 4.90 Å². The van der Waals surface area contributed by atoms with Gasteiger partial charge in [0, 0.05) is 20.1 Å². The van der Waals surface area contributed by atoms with Crippen LogP contribution in [0, 0.1) is 0 Å². The number of hydrogen-bond acceptors (Lipinski definition) is 4. The number of benzene rings is 1. The molecule has 0 aliphatic carbocycles. The molecular formula is C15H20N2O5. The molecule has 1 aliphatic rings. The van der Waals surface area contributed by atoms with Crippen molar-refractivity contribution in [1.29, 1.82) is 0 Å². The number of ether oxygens (including phenoxy) is 2. The van der Waals surface area contributed by atoms with Crippen LogP contribution in [-0.2, 0) is 11.2 Å². The maximum absolute atomic E-state index is 11.8. The van der Waals surface area contributed by atoms with Gasteiger partial charge in [-0.3, -0.25) is 4.79 Å². The molecule has 120 valence electrons. The molecule has 2 amide bonds. The Labute approximate surface area is 128 Å². The van der Waals surface area contributed by atoms with Crippen molar-refractivity contribution in [3.8, 4) is 11.5 Å². The summed E-state index contributed by atoms with van der Waals surface area (Å²) in [4.78, 5) is 23.6. The van der Waals surface area contributed by atoms with E-state index in [0.29, 0.717) is 26.2 Å². The molecule has 2 N–H and O–H groups in total. The quantitative estimate of drug-likeness (QED) is 0.822. The Kier molecular flexibility index (Phi) is 5.46. The molecule has 0 spiro atoms. The topological polar surface area (TPSA) is 88.1 Å². The second-order valence-electron chi connectivity index (χ2n) is 5.03. The van der Waals surface area contributed by atoms with Gasteiger partial charge in [-0.05, 0) is 24.1 Å². The fourth-order valence-corrected chi connectivity index (χ4v) is 2.06. The SMILES string of the molecule is CN(CCC(=O)O)C(=O)NCCc1ccc2c(c1)OCCO2. The number of aliphatic carboxylic acids is 1. The molecule has 0 bridgehead atoms. The summed E-state index contributed by atoms with van der Waals surface area (Å²) in [5.74, 6) is 0.553. The van der Waals surface area contributed by atoms with Crippen LogP contribution >= 0.6 is 0 Å². The monoisotopic (exact) mass is 308 g/mol. The number of nitrogens with zero attached hydrogens (tertiary/aromatic N) is 1.